The maximum atomic E-state index is 11.3. The molecule has 82 valence electrons. The minimum absolute atomic E-state index is 0.0361. The Kier molecular flexibility index (Phi) is 2.21. The average molecular weight is 206 g/mol. The Bertz CT molecular complexity index is 394. The Morgan fingerprint density at radius 2 is 2.07 bits per heavy atom. The van der Waals surface area contributed by atoms with Gasteiger partial charge in [-0.05, 0) is 39.7 Å². The number of rotatable bonds is 2. The largest absolute Gasteiger partial charge is 0.293 e. The molecule has 0 unspecified atom stereocenters. The Morgan fingerprint density at radius 1 is 1.47 bits per heavy atom. The summed E-state index contributed by atoms with van der Waals surface area (Å²) >= 11 is 0. The molecule has 0 radical (unpaired) electrons. The number of aromatic nitrogens is 2. The van der Waals surface area contributed by atoms with Crippen molar-refractivity contribution in [1.29, 1.82) is 0 Å². The van der Waals surface area contributed by atoms with Gasteiger partial charge in [0.05, 0.1) is 5.54 Å². The molecule has 0 bridgehead atoms. The van der Waals surface area contributed by atoms with Crippen molar-refractivity contribution in [3.63, 3.8) is 0 Å². The van der Waals surface area contributed by atoms with Crippen LogP contribution in [0.4, 0.5) is 0 Å². The maximum absolute atomic E-state index is 11.3. The molecule has 3 heteroatoms. The zero-order valence-corrected chi connectivity index (χ0v) is 9.87. The van der Waals surface area contributed by atoms with Crippen LogP contribution < -0.4 is 0 Å². The van der Waals surface area contributed by atoms with Gasteiger partial charge in [0.1, 0.15) is 5.69 Å². The summed E-state index contributed by atoms with van der Waals surface area (Å²) in [6.07, 6.45) is 2.47. The normalized spacial score (nSPS) is 16.8. The second-order valence-corrected chi connectivity index (χ2v) is 5.37. The molecule has 1 aromatic rings. The molecule has 0 amide bonds. The zero-order chi connectivity index (χ0) is 11.2. The van der Waals surface area contributed by atoms with Crippen LogP contribution in [0.15, 0.2) is 6.07 Å². The average Bonchev–Trinajstić information content (AvgIpc) is 2.81. The fourth-order valence-electron chi connectivity index (χ4n) is 1.77. The third-order valence-electron chi connectivity index (χ3n) is 2.73. The predicted molar refractivity (Wildman–Crippen MR) is 59.2 cm³/mol. The van der Waals surface area contributed by atoms with Gasteiger partial charge in [-0.25, -0.2) is 0 Å². The molecule has 1 aliphatic carbocycles. The molecule has 0 N–H and O–H groups in total. The van der Waals surface area contributed by atoms with Crippen LogP contribution in [-0.4, -0.2) is 15.6 Å². The molecule has 0 saturated heterocycles. The fourth-order valence-corrected chi connectivity index (χ4v) is 1.77. The molecule has 0 aromatic carbocycles. The highest BCUT2D eigenvalue weighted by molar-refractivity contribution is 5.92. The summed E-state index contributed by atoms with van der Waals surface area (Å²) in [5.41, 5.74) is 1.80. The summed E-state index contributed by atoms with van der Waals surface area (Å²) < 4.78 is 2.02. The van der Waals surface area contributed by atoms with E-state index in [0.717, 1.165) is 0 Å². The summed E-state index contributed by atoms with van der Waals surface area (Å²) in [5, 5.41) is 4.41. The third-order valence-corrected chi connectivity index (χ3v) is 2.73. The van der Waals surface area contributed by atoms with Crippen LogP contribution >= 0.6 is 0 Å². The van der Waals surface area contributed by atoms with E-state index in [1.54, 1.807) is 6.92 Å². The van der Waals surface area contributed by atoms with Crippen molar-refractivity contribution in [2.75, 3.05) is 0 Å². The van der Waals surface area contributed by atoms with E-state index in [9.17, 15) is 4.79 Å². The number of ketones is 1. The van der Waals surface area contributed by atoms with E-state index in [4.69, 9.17) is 0 Å². The van der Waals surface area contributed by atoms with Crippen molar-refractivity contribution in [3.05, 3.63) is 17.5 Å². The van der Waals surface area contributed by atoms with Gasteiger partial charge in [-0.15, -0.1) is 0 Å². The van der Waals surface area contributed by atoms with E-state index in [-0.39, 0.29) is 11.3 Å². The van der Waals surface area contributed by atoms with Crippen LogP contribution in [-0.2, 0) is 5.54 Å². The second kappa shape index (κ2) is 3.19. The van der Waals surface area contributed by atoms with Crippen LogP contribution in [0.3, 0.4) is 0 Å². The third kappa shape index (κ3) is 1.96. The predicted octanol–water partition coefficient (Wildman–Crippen LogP) is 2.72. The van der Waals surface area contributed by atoms with E-state index in [1.165, 1.54) is 18.5 Å². The zero-order valence-electron chi connectivity index (χ0n) is 9.87. The number of nitrogens with zero attached hydrogens (tertiary/aromatic N) is 2. The molecule has 0 aliphatic heterocycles. The molecule has 15 heavy (non-hydrogen) atoms. The van der Waals surface area contributed by atoms with Gasteiger partial charge in [0.25, 0.3) is 0 Å². The molecule has 3 nitrogen and oxygen atoms in total. The first-order valence-corrected chi connectivity index (χ1v) is 5.51. The van der Waals surface area contributed by atoms with Gasteiger partial charge in [-0.1, -0.05) is 0 Å². The SMILES string of the molecule is CC(=O)c1cc(C2CC2)n(C(C)(C)C)n1. The summed E-state index contributed by atoms with van der Waals surface area (Å²) in [5.74, 6) is 0.685. The molecule has 0 spiro atoms. The van der Waals surface area contributed by atoms with Crippen molar-refractivity contribution < 1.29 is 4.79 Å². The lowest BCUT2D eigenvalue weighted by molar-refractivity contribution is 0.101. The molecule has 1 saturated carbocycles. The smallest absolute Gasteiger partial charge is 0.179 e. The van der Waals surface area contributed by atoms with Gasteiger partial charge >= 0.3 is 0 Å². The van der Waals surface area contributed by atoms with E-state index in [2.05, 4.69) is 25.9 Å². The van der Waals surface area contributed by atoms with Gasteiger partial charge in [0.2, 0.25) is 0 Å². The standard InChI is InChI=1S/C12H18N2O/c1-8(15)10-7-11(9-5-6-9)14(13-10)12(2,3)4/h7,9H,5-6H2,1-4H3. The summed E-state index contributed by atoms with van der Waals surface area (Å²) in [7, 11) is 0. The van der Waals surface area contributed by atoms with E-state index in [1.807, 2.05) is 10.7 Å². The summed E-state index contributed by atoms with van der Waals surface area (Å²) in [4.78, 5) is 11.3. The molecule has 2 rings (SSSR count). The molecule has 1 heterocycles. The lowest BCUT2D eigenvalue weighted by Crippen LogP contribution is -2.25. The van der Waals surface area contributed by atoms with Gasteiger partial charge in [-0.2, -0.15) is 5.10 Å². The summed E-state index contributed by atoms with van der Waals surface area (Å²) in [6, 6.07) is 1.96. The van der Waals surface area contributed by atoms with E-state index in [0.29, 0.717) is 11.6 Å². The number of hydrogen-bond acceptors (Lipinski definition) is 2. The van der Waals surface area contributed by atoms with E-state index < -0.39 is 0 Å². The van der Waals surface area contributed by atoms with Crippen LogP contribution in [0, 0.1) is 0 Å². The molecular weight excluding hydrogens is 188 g/mol. The fraction of sp³-hybridized carbons (Fsp3) is 0.667. The van der Waals surface area contributed by atoms with Gasteiger partial charge in [0, 0.05) is 18.5 Å². The van der Waals surface area contributed by atoms with Crippen molar-refractivity contribution >= 4 is 5.78 Å². The lowest BCUT2D eigenvalue weighted by Gasteiger charge is -2.22. The molecule has 0 atom stereocenters. The van der Waals surface area contributed by atoms with Crippen molar-refractivity contribution in [1.82, 2.24) is 9.78 Å². The number of hydrogen-bond donors (Lipinski definition) is 0. The highest BCUT2D eigenvalue weighted by atomic mass is 16.1. The van der Waals surface area contributed by atoms with Crippen molar-refractivity contribution in [2.45, 2.75) is 52.0 Å². The second-order valence-electron chi connectivity index (χ2n) is 5.37. The van der Waals surface area contributed by atoms with Gasteiger partial charge in [-0.3, -0.25) is 9.48 Å². The minimum atomic E-state index is -0.0361. The van der Waals surface area contributed by atoms with Crippen LogP contribution in [0.2, 0.25) is 0 Å². The highest BCUT2D eigenvalue weighted by Crippen LogP contribution is 2.41. The number of carbonyl (C=O) groups excluding carboxylic acids is 1. The van der Waals surface area contributed by atoms with Crippen molar-refractivity contribution in [3.8, 4) is 0 Å². The first-order valence-electron chi connectivity index (χ1n) is 5.51. The van der Waals surface area contributed by atoms with Crippen LogP contribution in [0.1, 0.15) is 62.6 Å². The monoisotopic (exact) mass is 206 g/mol. The van der Waals surface area contributed by atoms with Gasteiger partial charge < -0.3 is 0 Å². The maximum Gasteiger partial charge on any atom is 0.179 e. The molecular formula is C12H18N2O. The first-order chi connectivity index (χ1) is 6.89. The topological polar surface area (TPSA) is 34.9 Å². The summed E-state index contributed by atoms with van der Waals surface area (Å²) in [6.45, 7) is 7.94. The minimum Gasteiger partial charge on any atom is -0.293 e. The molecule has 1 aromatic heterocycles. The first kappa shape index (κ1) is 10.4. The van der Waals surface area contributed by atoms with Crippen molar-refractivity contribution in [2.24, 2.45) is 0 Å². The number of Topliss-reactive ketones (excluding diaryl/α,β-unsaturated/α-hetero) is 1. The molecule has 1 aliphatic rings. The lowest BCUT2D eigenvalue weighted by atomic mass is 10.1. The molecule has 1 fully saturated rings. The quantitative estimate of drug-likeness (QED) is 0.697. The highest BCUT2D eigenvalue weighted by Gasteiger charge is 2.31. The Balaban J connectivity index is 2.46. The van der Waals surface area contributed by atoms with Gasteiger partial charge in [0.15, 0.2) is 5.78 Å². The number of carbonyl (C=O) groups is 1. The van der Waals surface area contributed by atoms with Crippen LogP contribution in [0.5, 0.6) is 0 Å². The Labute approximate surface area is 90.5 Å². The Morgan fingerprint density at radius 3 is 2.47 bits per heavy atom. The Hall–Kier alpha value is -1.12. The van der Waals surface area contributed by atoms with E-state index >= 15 is 0 Å². The van der Waals surface area contributed by atoms with Crippen LogP contribution in [0.25, 0.3) is 0 Å².